The number of imidazole rings is 1. The van der Waals surface area contributed by atoms with E-state index in [9.17, 15) is 10.2 Å². The number of likely N-dealkylation sites (N-methyl/N-ethyl adjacent to an activating group) is 1. The first kappa shape index (κ1) is 10.2. The standard InChI is InChI=1S/C8H15N3O2/c1-5-10-3-6(11-5)8(13)7(12)4-9-2/h3,7-9,12-13H,4H2,1-2H3,(H,10,11). The van der Waals surface area contributed by atoms with Crippen LogP contribution in [0.25, 0.3) is 0 Å². The van der Waals surface area contributed by atoms with E-state index in [4.69, 9.17) is 0 Å². The third-order valence-electron chi connectivity index (χ3n) is 1.82. The van der Waals surface area contributed by atoms with Crippen LogP contribution in [0.15, 0.2) is 6.20 Å². The first-order valence-corrected chi connectivity index (χ1v) is 4.17. The van der Waals surface area contributed by atoms with Gasteiger partial charge in [-0.2, -0.15) is 0 Å². The first-order valence-electron chi connectivity index (χ1n) is 4.17. The van der Waals surface area contributed by atoms with Gasteiger partial charge in [-0.1, -0.05) is 0 Å². The van der Waals surface area contributed by atoms with Crippen LogP contribution in [0.2, 0.25) is 0 Å². The van der Waals surface area contributed by atoms with Crippen molar-refractivity contribution in [2.45, 2.75) is 19.1 Å². The summed E-state index contributed by atoms with van der Waals surface area (Å²) < 4.78 is 0. The van der Waals surface area contributed by atoms with Crippen molar-refractivity contribution < 1.29 is 10.2 Å². The average Bonchev–Trinajstić information content (AvgIpc) is 2.51. The Bertz CT molecular complexity index is 262. The van der Waals surface area contributed by atoms with Crippen LogP contribution in [0.4, 0.5) is 0 Å². The largest absolute Gasteiger partial charge is 0.389 e. The first-order chi connectivity index (χ1) is 6.15. The van der Waals surface area contributed by atoms with E-state index >= 15 is 0 Å². The minimum Gasteiger partial charge on any atom is -0.389 e. The van der Waals surface area contributed by atoms with Crippen LogP contribution < -0.4 is 5.32 Å². The molecule has 2 atom stereocenters. The molecule has 0 spiro atoms. The normalized spacial score (nSPS) is 15.7. The number of aryl methyl sites for hydroxylation is 1. The molecule has 0 radical (unpaired) electrons. The Kier molecular flexibility index (Phi) is 3.41. The van der Waals surface area contributed by atoms with Crippen molar-refractivity contribution >= 4 is 0 Å². The van der Waals surface area contributed by atoms with Gasteiger partial charge in [0.05, 0.1) is 18.0 Å². The minimum absolute atomic E-state index is 0.346. The third-order valence-corrected chi connectivity index (χ3v) is 1.82. The molecule has 1 rings (SSSR count). The van der Waals surface area contributed by atoms with E-state index in [0.717, 1.165) is 5.82 Å². The highest BCUT2D eigenvalue weighted by atomic mass is 16.3. The molecular formula is C8H15N3O2. The maximum atomic E-state index is 9.57. The summed E-state index contributed by atoms with van der Waals surface area (Å²) in [6, 6.07) is 0. The number of nitrogens with zero attached hydrogens (tertiary/aromatic N) is 1. The number of aromatic amines is 1. The maximum absolute atomic E-state index is 9.57. The van der Waals surface area contributed by atoms with Gasteiger partial charge in [0.25, 0.3) is 0 Å². The SMILES string of the molecule is CNCC(O)C(O)c1cnc(C)[nH]1. The van der Waals surface area contributed by atoms with Crippen molar-refractivity contribution in [2.24, 2.45) is 0 Å². The van der Waals surface area contributed by atoms with Crippen LogP contribution >= 0.6 is 0 Å². The van der Waals surface area contributed by atoms with Crippen LogP contribution in [0.3, 0.4) is 0 Å². The molecule has 1 aromatic rings. The number of aliphatic hydroxyl groups excluding tert-OH is 2. The van der Waals surface area contributed by atoms with Crippen molar-refractivity contribution in [2.75, 3.05) is 13.6 Å². The molecule has 0 aliphatic rings. The molecule has 0 bridgehead atoms. The van der Waals surface area contributed by atoms with E-state index in [2.05, 4.69) is 15.3 Å². The number of aromatic nitrogens is 2. The summed E-state index contributed by atoms with van der Waals surface area (Å²) in [5.41, 5.74) is 0.542. The van der Waals surface area contributed by atoms with Gasteiger partial charge in [0.1, 0.15) is 11.9 Å². The molecule has 0 saturated heterocycles. The fraction of sp³-hybridized carbons (Fsp3) is 0.625. The summed E-state index contributed by atoms with van der Waals surface area (Å²) in [5, 5.41) is 21.8. The van der Waals surface area contributed by atoms with E-state index in [1.54, 1.807) is 14.0 Å². The smallest absolute Gasteiger partial charge is 0.122 e. The number of H-pyrrole nitrogens is 1. The Hall–Kier alpha value is -0.910. The highest BCUT2D eigenvalue weighted by Gasteiger charge is 2.18. The van der Waals surface area contributed by atoms with Gasteiger partial charge in [-0.3, -0.25) is 0 Å². The fourth-order valence-electron chi connectivity index (χ4n) is 1.12. The van der Waals surface area contributed by atoms with Crippen LogP contribution in [0.5, 0.6) is 0 Å². The van der Waals surface area contributed by atoms with Crippen LogP contribution in [0.1, 0.15) is 17.6 Å². The Balaban J connectivity index is 2.61. The Labute approximate surface area is 76.8 Å². The van der Waals surface area contributed by atoms with E-state index < -0.39 is 12.2 Å². The molecule has 5 nitrogen and oxygen atoms in total. The number of aliphatic hydroxyl groups is 2. The molecule has 0 fully saturated rings. The van der Waals surface area contributed by atoms with E-state index in [0.29, 0.717) is 12.2 Å². The Morgan fingerprint density at radius 3 is 2.77 bits per heavy atom. The van der Waals surface area contributed by atoms with Crippen molar-refractivity contribution in [3.8, 4) is 0 Å². The third kappa shape index (κ3) is 2.51. The summed E-state index contributed by atoms with van der Waals surface area (Å²) in [7, 11) is 1.72. The highest BCUT2D eigenvalue weighted by molar-refractivity contribution is 5.05. The highest BCUT2D eigenvalue weighted by Crippen LogP contribution is 2.13. The summed E-state index contributed by atoms with van der Waals surface area (Å²) in [5.74, 6) is 0.728. The second kappa shape index (κ2) is 4.36. The van der Waals surface area contributed by atoms with Gasteiger partial charge < -0.3 is 20.5 Å². The molecule has 0 aliphatic carbocycles. The topological polar surface area (TPSA) is 81.2 Å². The van der Waals surface area contributed by atoms with Crippen LogP contribution in [-0.4, -0.2) is 39.9 Å². The zero-order valence-electron chi connectivity index (χ0n) is 7.78. The molecule has 0 aliphatic heterocycles. The number of rotatable bonds is 4. The van der Waals surface area contributed by atoms with Crippen molar-refractivity contribution in [3.63, 3.8) is 0 Å². The summed E-state index contributed by atoms with van der Waals surface area (Å²) in [4.78, 5) is 6.80. The van der Waals surface area contributed by atoms with Crippen molar-refractivity contribution in [1.29, 1.82) is 0 Å². The van der Waals surface area contributed by atoms with E-state index in [1.807, 2.05) is 0 Å². The lowest BCUT2D eigenvalue weighted by atomic mass is 10.1. The zero-order chi connectivity index (χ0) is 9.84. The second-order valence-corrected chi connectivity index (χ2v) is 2.99. The van der Waals surface area contributed by atoms with Gasteiger partial charge in [-0.25, -0.2) is 4.98 Å². The molecule has 0 amide bonds. The summed E-state index contributed by atoms with van der Waals surface area (Å²) >= 11 is 0. The molecule has 2 unspecified atom stereocenters. The van der Waals surface area contributed by atoms with Gasteiger partial charge in [0.15, 0.2) is 0 Å². The van der Waals surface area contributed by atoms with Crippen molar-refractivity contribution in [3.05, 3.63) is 17.7 Å². The van der Waals surface area contributed by atoms with Crippen LogP contribution in [0, 0.1) is 6.92 Å². The molecule has 1 heterocycles. The molecule has 0 saturated carbocycles. The summed E-state index contributed by atoms with van der Waals surface area (Å²) in [6.45, 7) is 2.14. The zero-order valence-corrected chi connectivity index (χ0v) is 7.78. The van der Waals surface area contributed by atoms with Crippen molar-refractivity contribution in [1.82, 2.24) is 15.3 Å². The predicted octanol–water partition coefficient (Wildman–Crippen LogP) is -0.668. The van der Waals surface area contributed by atoms with Crippen LogP contribution in [-0.2, 0) is 0 Å². The summed E-state index contributed by atoms with van der Waals surface area (Å²) in [6.07, 6.45) is -0.197. The molecule has 74 valence electrons. The molecule has 5 heteroatoms. The monoisotopic (exact) mass is 185 g/mol. The van der Waals surface area contributed by atoms with E-state index in [1.165, 1.54) is 6.20 Å². The number of nitrogens with one attached hydrogen (secondary N) is 2. The van der Waals surface area contributed by atoms with E-state index in [-0.39, 0.29) is 0 Å². The Morgan fingerprint density at radius 2 is 2.31 bits per heavy atom. The van der Waals surface area contributed by atoms with Gasteiger partial charge in [0.2, 0.25) is 0 Å². The lowest BCUT2D eigenvalue weighted by Gasteiger charge is -2.15. The van der Waals surface area contributed by atoms with Gasteiger partial charge in [-0.15, -0.1) is 0 Å². The second-order valence-electron chi connectivity index (χ2n) is 2.99. The lowest BCUT2D eigenvalue weighted by Crippen LogP contribution is -2.29. The molecule has 4 N–H and O–H groups in total. The molecule has 0 aromatic carbocycles. The number of hydrogen-bond donors (Lipinski definition) is 4. The lowest BCUT2D eigenvalue weighted by molar-refractivity contribution is 0.0179. The van der Waals surface area contributed by atoms with Gasteiger partial charge in [-0.05, 0) is 14.0 Å². The number of hydrogen-bond acceptors (Lipinski definition) is 4. The quantitative estimate of drug-likeness (QED) is 0.501. The molecular weight excluding hydrogens is 170 g/mol. The molecule has 1 aromatic heterocycles. The maximum Gasteiger partial charge on any atom is 0.122 e. The Morgan fingerprint density at radius 1 is 1.62 bits per heavy atom. The fourth-order valence-corrected chi connectivity index (χ4v) is 1.12. The predicted molar refractivity (Wildman–Crippen MR) is 48.2 cm³/mol. The molecule has 13 heavy (non-hydrogen) atoms. The van der Waals surface area contributed by atoms with Gasteiger partial charge >= 0.3 is 0 Å². The average molecular weight is 185 g/mol. The minimum atomic E-state index is -0.909. The van der Waals surface area contributed by atoms with Gasteiger partial charge in [0, 0.05) is 6.54 Å².